The van der Waals surface area contributed by atoms with Crippen molar-refractivity contribution in [3.63, 3.8) is 0 Å². The van der Waals surface area contributed by atoms with E-state index in [2.05, 4.69) is 5.32 Å². The van der Waals surface area contributed by atoms with Crippen molar-refractivity contribution in [2.45, 2.75) is 37.0 Å². The summed E-state index contributed by atoms with van der Waals surface area (Å²) in [4.78, 5) is 26.6. The SMILES string of the molecule is CN(c1ccccc1)S(=O)(=O)c1ccccc1C(=O)NCCCN1CCCCCC1=O. The molecule has 0 saturated carbocycles. The summed E-state index contributed by atoms with van der Waals surface area (Å²) in [6, 6.07) is 14.9. The molecular formula is C23H29N3O4S. The largest absolute Gasteiger partial charge is 0.352 e. The summed E-state index contributed by atoms with van der Waals surface area (Å²) < 4.78 is 27.5. The van der Waals surface area contributed by atoms with Crippen LogP contribution in [0.1, 0.15) is 42.5 Å². The maximum atomic E-state index is 13.2. The average molecular weight is 444 g/mol. The number of para-hydroxylation sites is 1. The number of hydrogen-bond donors (Lipinski definition) is 1. The molecule has 0 radical (unpaired) electrons. The van der Waals surface area contributed by atoms with Gasteiger partial charge in [0, 0.05) is 33.1 Å². The molecule has 3 rings (SSSR count). The van der Waals surface area contributed by atoms with Gasteiger partial charge in [-0.3, -0.25) is 13.9 Å². The van der Waals surface area contributed by atoms with Crippen LogP contribution in [0.5, 0.6) is 0 Å². The Morgan fingerprint density at radius 3 is 2.52 bits per heavy atom. The zero-order valence-corrected chi connectivity index (χ0v) is 18.6. The first-order valence-electron chi connectivity index (χ1n) is 10.6. The second kappa shape index (κ2) is 10.4. The van der Waals surface area contributed by atoms with E-state index in [1.54, 1.807) is 36.4 Å². The van der Waals surface area contributed by atoms with Crippen LogP contribution < -0.4 is 9.62 Å². The molecule has 166 valence electrons. The first kappa shape index (κ1) is 22.8. The minimum Gasteiger partial charge on any atom is -0.352 e. The summed E-state index contributed by atoms with van der Waals surface area (Å²) >= 11 is 0. The molecule has 2 aromatic rings. The second-order valence-corrected chi connectivity index (χ2v) is 9.54. The van der Waals surface area contributed by atoms with Crippen molar-refractivity contribution < 1.29 is 18.0 Å². The fourth-order valence-corrected chi connectivity index (χ4v) is 5.03. The van der Waals surface area contributed by atoms with Gasteiger partial charge >= 0.3 is 0 Å². The first-order valence-corrected chi connectivity index (χ1v) is 12.0. The Kier molecular flexibility index (Phi) is 7.68. The molecule has 1 N–H and O–H groups in total. The normalized spacial score (nSPS) is 14.7. The van der Waals surface area contributed by atoms with Crippen LogP contribution in [0.2, 0.25) is 0 Å². The second-order valence-electron chi connectivity index (χ2n) is 7.61. The molecule has 7 nitrogen and oxygen atoms in total. The molecule has 0 spiro atoms. The molecule has 31 heavy (non-hydrogen) atoms. The van der Waals surface area contributed by atoms with E-state index in [4.69, 9.17) is 0 Å². The Bertz CT molecular complexity index is 1010. The van der Waals surface area contributed by atoms with Crippen LogP contribution in [0.4, 0.5) is 5.69 Å². The van der Waals surface area contributed by atoms with E-state index < -0.39 is 15.9 Å². The van der Waals surface area contributed by atoms with Crippen LogP contribution >= 0.6 is 0 Å². The number of benzene rings is 2. The van der Waals surface area contributed by atoms with Gasteiger partial charge in [-0.25, -0.2) is 8.42 Å². The maximum absolute atomic E-state index is 13.2. The number of likely N-dealkylation sites (tertiary alicyclic amines) is 1. The van der Waals surface area contributed by atoms with Gasteiger partial charge in [0.05, 0.1) is 11.3 Å². The van der Waals surface area contributed by atoms with Gasteiger partial charge < -0.3 is 10.2 Å². The third-order valence-electron chi connectivity index (χ3n) is 5.45. The Morgan fingerprint density at radius 2 is 1.74 bits per heavy atom. The summed E-state index contributed by atoms with van der Waals surface area (Å²) in [6.07, 6.45) is 4.23. The Labute approximate surface area is 184 Å². The van der Waals surface area contributed by atoms with Gasteiger partial charge in [-0.15, -0.1) is 0 Å². The maximum Gasteiger partial charge on any atom is 0.264 e. The van der Waals surface area contributed by atoms with Crippen LogP contribution in [-0.2, 0) is 14.8 Å². The predicted octanol–water partition coefficient (Wildman–Crippen LogP) is 3.03. The highest BCUT2D eigenvalue weighted by atomic mass is 32.2. The highest BCUT2D eigenvalue weighted by Gasteiger charge is 2.26. The van der Waals surface area contributed by atoms with Crippen molar-refractivity contribution in [2.75, 3.05) is 31.0 Å². The van der Waals surface area contributed by atoms with E-state index in [0.29, 0.717) is 31.6 Å². The number of nitrogens with one attached hydrogen (secondary N) is 1. The van der Waals surface area contributed by atoms with Gasteiger partial charge in [0.1, 0.15) is 4.90 Å². The molecule has 0 atom stereocenters. The molecule has 1 aliphatic heterocycles. The number of nitrogens with zero attached hydrogens (tertiary/aromatic N) is 2. The highest BCUT2D eigenvalue weighted by molar-refractivity contribution is 7.92. The predicted molar refractivity (Wildman–Crippen MR) is 120 cm³/mol. The molecule has 0 bridgehead atoms. The monoisotopic (exact) mass is 443 g/mol. The number of anilines is 1. The summed E-state index contributed by atoms with van der Waals surface area (Å²) in [5.74, 6) is -0.271. The van der Waals surface area contributed by atoms with E-state index in [1.165, 1.54) is 23.5 Å². The first-order chi connectivity index (χ1) is 14.9. The van der Waals surface area contributed by atoms with Crippen molar-refractivity contribution in [2.24, 2.45) is 0 Å². The molecule has 1 fully saturated rings. The van der Waals surface area contributed by atoms with Crippen molar-refractivity contribution in [1.29, 1.82) is 0 Å². The van der Waals surface area contributed by atoms with Gasteiger partial charge in [0.15, 0.2) is 0 Å². The van der Waals surface area contributed by atoms with Gasteiger partial charge in [-0.2, -0.15) is 0 Å². The Balaban J connectivity index is 1.65. The molecule has 8 heteroatoms. The summed E-state index contributed by atoms with van der Waals surface area (Å²) in [6.45, 7) is 1.72. The lowest BCUT2D eigenvalue weighted by molar-refractivity contribution is -0.130. The van der Waals surface area contributed by atoms with E-state index in [-0.39, 0.29) is 16.4 Å². The molecule has 1 aliphatic rings. The number of carbonyl (C=O) groups excluding carboxylic acids is 2. The Morgan fingerprint density at radius 1 is 1.03 bits per heavy atom. The van der Waals surface area contributed by atoms with Crippen molar-refractivity contribution in [1.82, 2.24) is 10.2 Å². The van der Waals surface area contributed by atoms with Crippen LogP contribution in [0.15, 0.2) is 59.5 Å². The molecule has 0 aromatic heterocycles. The number of amides is 2. The summed E-state index contributed by atoms with van der Waals surface area (Å²) in [7, 11) is -2.44. The van der Waals surface area contributed by atoms with Gasteiger partial charge in [0.2, 0.25) is 5.91 Å². The van der Waals surface area contributed by atoms with E-state index in [0.717, 1.165) is 25.8 Å². The van der Waals surface area contributed by atoms with Gasteiger partial charge in [0.25, 0.3) is 15.9 Å². The van der Waals surface area contributed by atoms with Crippen molar-refractivity contribution in [3.8, 4) is 0 Å². The molecular weight excluding hydrogens is 414 g/mol. The quantitative estimate of drug-likeness (QED) is 0.636. The number of hydrogen-bond acceptors (Lipinski definition) is 4. The van der Waals surface area contributed by atoms with Gasteiger partial charge in [-0.05, 0) is 43.5 Å². The van der Waals surface area contributed by atoms with E-state index in [1.807, 2.05) is 11.0 Å². The van der Waals surface area contributed by atoms with Crippen molar-refractivity contribution in [3.05, 3.63) is 60.2 Å². The third kappa shape index (κ3) is 5.64. The average Bonchev–Trinajstić information content (AvgIpc) is 3.00. The topological polar surface area (TPSA) is 86.8 Å². The number of carbonyl (C=O) groups is 2. The van der Waals surface area contributed by atoms with Crippen LogP contribution in [-0.4, -0.2) is 51.8 Å². The molecule has 2 aromatic carbocycles. The fourth-order valence-electron chi connectivity index (χ4n) is 3.65. The standard InChI is InChI=1S/C23H29N3O4S/c1-25(19-11-4-2-5-12-19)31(29,30)21-14-8-7-13-20(21)23(28)24-16-10-18-26-17-9-3-6-15-22(26)27/h2,4-5,7-8,11-14H,3,6,9-10,15-18H2,1H3,(H,24,28). The molecule has 1 saturated heterocycles. The third-order valence-corrected chi connectivity index (χ3v) is 7.30. The molecule has 2 amide bonds. The number of rotatable bonds is 8. The zero-order chi connectivity index (χ0) is 22.3. The smallest absolute Gasteiger partial charge is 0.264 e. The van der Waals surface area contributed by atoms with E-state index in [9.17, 15) is 18.0 Å². The fraction of sp³-hybridized carbons (Fsp3) is 0.391. The summed E-state index contributed by atoms with van der Waals surface area (Å²) in [5.41, 5.74) is 0.621. The van der Waals surface area contributed by atoms with Gasteiger partial charge in [-0.1, -0.05) is 36.8 Å². The molecule has 0 aliphatic carbocycles. The van der Waals surface area contributed by atoms with Crippen LogP contribution in [0.25, 0.3) is 0 Å². The minimum atomic E-state index is -3.91. The van der Waals surface area contributed by atoms with Crippen molar-refractivity contribution >= 4 is 27.5 Å². The minimum absolute atomic E-state index is 0.0402. The molecule has 1 heterocycles. The highest BCUT2D eigenvalue weighted by Crippen LogP contribution is 2.24. The summed E-state index contributed by atoms with van der Waals surface area (Å²) in [5, 5.41) is 2.80. The molecule has 0 unspecified atom stereocenters. The lowest BCUT2D eigenvalue weighted by atomic mass is 10.2. The van der Waals surface area contributed by atoms with Crippen LogP contribution in [0, 0.1) is 0 Å². The lowest BCUT2D eigenvalue weighted by Crippen LogP contribution is -2.34. The Hall–Kier alpha value is -2.87. The number of sulfonamides is 1. The zero-order valence-electron chi connectivity index (χ0n) is 17.8. The van der Waals surface area contributed by atoms with E-state index >= 15 is 0 Å². The van der Waals surface area contributed by atoms with Crippen LogP contribution in [0.3, 0.4) is 0 Å². The lowest BCUT2D eigenvalue weighted by Gasteiger charge is -2.21.